The van der Waals surface area contributed by atoms with Crippen LogP contribution in [0.15, 0.2) is 0 Å². The molecule has 6 nitrogen and oxygen atoms in total. The summed E-state index contributed by atoms with van der Waals surface area (Å²) < 4.78 is 15.2. The van der Waals surface area contributed by atoms with Crippen LogP contribution >= 0.6 is 0 Å². The zero-order valence-electron chi connectivity index (χ0n) is 8.87. The number of rotatable bonds is 3. The van der Waals surface area contributed by atoms with Crippen LogP contribution in [0.2, 0.25) is 0 Å². The van der Waals surface area contributed by atoms with Crippen molar-refractivity contribution >= 4 is 0 Å². The maximum Gasteiger partial charge on any atom is 0.183 e. The van der Waals surface area contributed by atoms with Gasteiger partial charge in [-0.2, -0.15) is 0 Å². The standard InChI is InChI=1S/C9H18O6/c1-13-8-5(11)3-6(12)9(14-2)15-7(8)4-10/h5-12H,3-4H2,1-2H3/t5-,6+,7?,8?,9?/m1/s1. The molecule has 90 valence electrons. The average molecular weight is 222 g/mol. The van der Waals surface area contributed by atoms with Crippen LogP contribution in [-0.4, -0.2) is 66.9 Å². The molecule has 0 aromatic heterocycles. The highest BCUT2D eigenvalue weighted by Crippen LogP contribution is 2.22. The molecule has 0 saturated carbocycles. The second kappa shape index (κ2) is 5.74. The van der Waals surface area contributed by atoms with Crippen molar-refractivity contribution in [1.29, 1.82) is 0 Å². The Morgan fingerprint density at radius 1 is 1.20 bits per heavy atom. The zero-order valence-corrected chi connectivity index (χ0v) is 8.87. The van der Waals surface area contributed by atoms with Crippen LogP contribution < -0.4 is 0 Å². The van der Waals surface area contributed by atoms with E-state index in [-0.39, 0.29) is 13.0 Å². The lowest BCUT2D eigenvalue weighted by Gasteiger charge is -2.26. The Morgan fingerprint density at radius 2 is 1.87 bits per heavy atom. The molecule has 1 fully saturated rings. The molecule has 6 heteroatoms. The van der Waals surface area contributed by atoms with Crippen molar-refractivity contribution in [2.75, 3.05) is 20.8 Å². The van der Waals surface area contributed by atoms with E-state index >= 15 is 0 Å². The molecule has 0 aliphatic carbocycles. The van der Waals surface area contributed by atoms with E-state index in [1.165, 1.54) is 14.2 Å². The van der Waals surface area contributed by atoms with Crippen LogP contribution in [-0.2, 0) is 14.2 Å². The summed E-state index contributed by atoms with van der Waals surface area (Å²) in [7, 11) is 2.81. The van der Waals surface area contributed by atoms with Crippen molar-refractivity contribution in [3.63, 3.8) is 0 Å². The normalized spacial score (nSPS) is 42.6. The summed E-state index contributed by atoms with van der Waals surface area (Å²) >= 11 is 0. The van der Waals surface area contributed by atoms with Gasteiger partial charge in [0.2, 0.25) is 0 Å². The predicted molar refractivity (Wildman–Crippen MR) is 50.2 cm³/mol. The van der Waals surface area contributed by atoms with E-state index in [0.29, 0.717) is 0 Å². The molecular formula is C9H18O6. The first-order chi connectivity index (χ1) is 7.13. The Balaban J connectivity index is 2.76. The highest BCUT2D eigenvalue weighted by Gasteiger charge is 2.39. The van der Waals surface area contributed by atoms with Gasteiger partial charge in [0.1, 0.15) is 18.3 Å². The summed E-state index contributed by atoms with van der Waals surface area (Å²) in [5.74, 6) is 0. The molecule has 0 spiro atoms. The van der Waals surface area contributed by atoms with Gasteiger partial charge in [0.25, 0.3) is 0 Å². The van der Waals surface area contributed by atoms with Gasteiger partial charge in [-0.25, -0.2) is 0 Å². The lowest BCUT2D eigenvalue weighted by Crippen LogP contribution is -2.41. The summed E-state index contributed by atoms with van der Waals surface area (Å²) in [5, 5.41) is 28.4. The fourth-order valence-electron chi connectivity index (χ4n) is 1.75. The fraction of sp³-hybridized carbons (Fsp3) is 1.00. The monoisotopic (exact) mass is 222 g/mol. The van der Waals surface area contributed by atoms with E-state index in [9.17, 15) is 10.2 Å². The first-order valence-electron chi connectivity index (χ1n) is 4.82. The highest BCUT2D eigenvalue weighted by molar-refractivity contribution is 4.85. The minimum absolute atomic E-state index is 0.0908. The number of hydrogen-bond acceptors (Lipinski definition) is 6. The predicted octanol–water partition coefficient (Wildman–Crippen LogP) is -1.52. The van der Waals surface area contributed by atoms with Crippen molar-refractivity contribution in [3.8, 4) is 0 Å². The lowest BCUT2D eigenvalue weighted by molar-refractivity contribution is -0.216. The summed E-state index contributed by atoms with van der Waals surface area (Å²) in [6, 6.07) is 0. The molecule has 1 rings (SSSR count). The molecule has 1 aliphatic rings. The van der Waals surface area contributed by atoms with Crippen molar-refractivity contribution in [2.45, 2.75) is 37.1 Å². The molecule has 0 aromatic rings. The zero-order chi connectivity index (χ0) is 11.4. The molecule has 0 aromatic carbocycles. The van der Waals surface area contributed by atoms with E-state index < -0.39 is 30.7 Å². The largest absolute Gasteiger partial charge is 0.394 e. The molecule has 1 heterocycles. The van der Waals surface area contributed by atoms with E-state index in [0.717, 1.165) is 0 Å². The average Bonchev–Trinajstić information content (AvgIpc) is 2.34. The summed E-state index contributed by atoms with van der Waals surface area (Å²) in [5.41, 5.74) is 0. The van der Waals surface area contributed by atoms with Crippen LogP contribution in [0.25, 0.3) is 0 Å². The Hall–Kier alpha value is -0.240. The molecule has 0 bridgehead atoms. The molecule has 3 N–H and O–H groups in total. The SMILES string of the molecule is COC1C(CO)OC(OC)[C@@H](O)C[C@H]1O. The van der Waals surface area contributed by atoms with Crippen LogP contribution in [0.1, 0.15) is 6.42 Å². The van der Waals surface area contributed by atoms with Crippen molar-refractivity contribution in [2.24, 2.45) is 0 Å². The Kier molecular flexibility index (Phi) is 4.91. The molecular weight excluding hydrogens is 204 g/mol. The quantitative estimate of drug-likeness (QED) is 0.537. The van der Waals surface area contributed by atoms with Crippen LogP contribution in [0, 0.1) is 0 Å². The summed E-state index contributed by atoms with van der Waals surface area (Å²) in [4.78, 5) is 0. The van der Waals surface area contributed by atoms with Gasteiger partial charge in [0.05, 0.1) is 12.7 Å². The van der Waals surface area contributed by atoms with Crippen LogP contribution in [0.3, 0.4) is 0 Å². The number of hydrogen-bond donors (Lipinski definition) is 3. The number of aliphatic hydroxyl groups is 3. The first-order valence-corrected chi connectivity index (χ1v) is 4.82. The van der Waals surface area contributed by atoms with Gasteiger partial charge in [-0.1, -0.05) is 0 Å². The Morgan fingerprint density at radius 3 is 2.33 bits per heavy atom. The fourth-order valence-corrected chi connectivity index (χ4v) is 1.75. The third kappa shape index (κ3) is 2.87. The molecule has 0 radical (unpaired) electrons. The topological polar surface area (TPSA) is 88.4 Å². The lowest BCUT2D eigenvalue weighted by atomic mass is 10.0. The second-order valence-electron chi connectivity index (χ2n) is 3.53. The molecule has 15 heavy (non-hydrogen) atoms. The van der Waals surface area contributed by atoms with E-state index in [1.807, 2.05) is 0 Å². The van der Waals surface area contributed by atoms with E-state index in [2.05, 4.69) is 0 Å². The molecule has 1 saturated heterocycles. The number of methoxy groups -OCH3 is 2. The smallest absolute Gasteiger partial charge is 0.183 e. The molecule has 3 unspecified atom stereocenters. The molecule has 1 aliphatic heterocycles. The third-order valence-corrected chi connectivity index (χ3v) is 2.54. The van der Waals surface area contributed by atoms with Gasteiger partial charge >= 0.3 is 0 Å². The summed E-state index contributed by atoms with van der Waals surface area (Å²) in [6.45, 7) is -0.303. The van der Waals surface area contributed by atoms with E-state index in [1.54, 1.807) is 0 Å². The minimum atomic E-state index is -0.931. The number of aliphatic hydroxyl groups excluding tert-OH is 3. The van der Waals surface area contributed by atoms with Gasteiger partial charge in [-0.3, -0.25) is 0 Å². The highest BCUT2D eigenvalue weighted by atomic mass is 16.7. The van der Waals surface area contributed by atoms with Gasteiger partial charge in [-0.15, -0.1) is 0 Å². The van der Waals surface area contributed by atoms with Crippen molar-refractivity contribution in [3.05, 3.63) is 0 Å². The number of ether oxygens (including phenoxy) is 3. The minimum Gasteiger partial charge on any atom is -0.394 e. The van der Waals surface area contributed by atoms with Gasteiger partial charge < -0.3 is 29.5 Å². The molecule has 0 amide bonds. The molecule has 5 atom stereocenters. The second-order valence-corrected chi connectivity index (χ2v) is 3.53. The van der Waals surface area contributed by atoms with Crippen molar-refractivity contribution in [1.82, 2.24) is 0 Å². The van der Waals surface area contributed by atoms with Crippen molar-refractivity contribution < 1.29 is 29.5 Å². The Labute approximate surface area is 88.4 Å². The van der Waals surface area contributed by atoms with Crippen LogP contribution in [0.4, 0.5) is 0 Å². The maximum absolute atomic E-state index is 9.70. The van der Waals surface area contributed by atoms with Gasteiger partial charge in [0.15, 0.2) is 6.29 Å². The van der Waals surface area contributed by atoms with Gasteiger partial charge in [-0.05, 0) is 0 Å². The summed E-state index contributed by atoms with van der Waals surface area (Å²) in [6.07, 6.45) is -3.94. The van der Waals surface area contributed by atoms with Crippen LogP contribution in [0.5, 0.6) is 0 Å². The maximum atomic E-state index is 9.70. The van der Waals surface area contributed by atoms with Gasteiger partial charge in [0, 0.05) is 20.6 Å². The Bertz CT molecular complexity index is 187. The van der Waals surface area contributed by atoms with E-state index in [4.69, 9.17) is 19.3 Å². The first kappa shape index (κ1) is 12.8. The third-order valence-electron chi connectivity index (χ3n) is 2.54.